The third-order valence-corrected chi connectivity index (χ3v) is 36.7. The van der Waals surface area contributed by atoms with E-state index in [1.165, 1.54) is 5.56 Å². The fourth-order valence-electron chi connectivity index (χ4n) is 9.06. The van der Waals surface area contributed by atoms with Gasteiger partial charge in [-0.3, -0.25) is 0 Å². The van der Waals surface area contributed by atoms with E-state index in [-0.39, 0.29) is 41.4 Å². The quantitative estimate of drug-likeness (QED) is 0.224. The third-order valence-electron chi connectivity index (χ3n) is 8.76. The van der Waals surface area contributed by atoms with Crippen LogP contribution in [-0.2, 0) is 0 Å². The number of aryl methyl sites for hydroxylation is 3. The molecule has 0 aromatic heterocycles. The Morgan fingerprint density at radius 3 is 0.933 bits per heavy atom. The zero-order valence-electron chi connectivity index (χ0n) is 33.4. The van der Waals surface area contributed by atoms with Crippen molar-refractivity contribution >= 4 is 78.6 Å². The Hall–Kier alpha value is 0.839. The molecule has 0 saturated heterocycles. The Balaban J connectivity index is 0. The molecular formula is C36H71BrNSbSi6-2. The van der Waals surface area contributed by atoms with E-state index >= 15 is 0 Å². The molecule has 0 fully saturated rings. The van der Waals surface area contributed by atoms with Crippen LogP contribution in [0.5, 0.6) is 0 Å². The largest absolute Gasteiger partial charge is 1.00 e. The second-order valence-electron chi connectivity index (χ2n) is 20.1. The maximum absolute atomic E-state index is 7.54. The van der Waals surface area contributed by atoms with Crippen molar-refractivity contribution in [1.29, 1.82) is 0 Å². The predicted octanol–water partition coefficient (Wildman–Crippen LogP) is 9.92. The van der Waals surface area contributed by atoms with Crippen LogP contribution in [0, 0.1) is 26.8 Å². The third kappa shape index (κ3) is 13.9. The SMILES string of the molecule is C[Si](C)(C)C(c1[c]c(C([Si](C)(C)C)[Si](C)(C)C)cc(C([Si](C)(C)C)[Si](C)(C)C)c1)[Si](C)(C)C.Cc1cc(C)c([NH-])c(C)c1.[Br-].[Sb]. The van der Waals surface area contributed by atoms with Crippen LogP contribution < -0.4 is 17.0 Å². The molecule has 1 nitrogen and oxygen atoms in total. The van der Waals surface area contributed by atoms with Crippen molar-refractivity contribution in [2.75, 3.05) is 0 Å². The van der Waals surface area contributed by atoms with E-state index in [1.54, 1.807) is 16.7 Å². The molecule has 0 amide bonds. The fraction of sp³-hybridized carbons (Fsp3) is 0.667. The predicted molar refractivity (Wildman–Crippen MR) is 224 cm³/mol. The van der Waals surface area contributed by atoms with Crippen LogP contribution in [0.2, 0.25) is 118 Å². The van der Waals surface area contributed by atoms with Crippen molar-refractivity contribution in [1.82, 2.24) is 0 Å². The van der Waals surface area contributed by atoms with Gasteiger partial charge < -0.3 is 22.7 Å². The van der Waals surface area contributed by atoms with E-state index < -0.39 is 48.4 Å². The molecule has 0 unspecified atom stereocenters. The fourth-order valence-corrected chi connectivity index (χ4v) is 46.9. The summed E-state index contributed by atoms with van der Waals surface area (Å²) in [5.41, 5.74) is 16.5. The van der Waals surface area contributed by atoms with Gasteiger partial charge in [0.1, 0.15) is 0 Å². The smallest absolute Gasteiger partial charge is 0.0493 e. The Labute approximate surface area is 316 Å². The summed E-state index contributed by atoms with van der Waals surface area (Å²) < 4.78 is 0. The molecule has 0 aliphatic heterocycles. The van der Waals surface area contributed by atoms with E-state index in [1.807, 2.05) is 26.0 Å². The molecule has 4 radical (unpaired) electrons. The van der Waals surface area contributed by atoms with Crippen molar-refractivity contribution in [2.24, 2.45) is 0 Å². The molecule has 0 aliphatic carbocycles. The minimum atomic E-state index is -1.39. The van der Waals surface area contributed by atoms with Crippen LogP contribution in [0.3, 0.4) is 0 Å². The van der Waals surface area contributed by atoms with Gasteiger partial charge in [-0.25, -0.2) is 0 Å². The van der Waals surface area contributed by atoms with Crippen LogP contribution >= 0.6 is 0 Å². The first-order valence-electron chi connectivity index (χ1n) is 16.7. The second kappa shape index (κ2) is 16.7. The molecule has 9 heteroatoms. The van der Waals surface area contributed by atoms with E-state index in [9.17, 15) is 0 Å². The van der Waals surface area contributed by atoms with Gasteiger partial charge in [-0.15, -0.1) is 5.69 Å². The van der Waals surface area contributed by atoms with Crippen LogP contribution in [-0.4, -0.2) is 72.9 Å². The zero-order chi connectivity index (χ0) is 34.3. The van der Waals surface area contributed by atoms with Gasteiger partial charge in [0.05, 0.1) is 0 Å². The van der Waals surface area contributed by atoms with Crippen molar-refractivity contribution in [3.05, 3.63) is 69.4 Å². The molecule has 2 rings (SSSR count). The van der Waals surface area contributed by atoms with Gasteiger partial charge in [0.25, 0.3) is 0 Å². The molecule has 258 valence electrons. The summed E-state index contributed by atoms with van der Waals surface area (Å²) in [4.78, 5) is 0. The zero-order valence-corrected chi connectivity index (χ0v) is 43.5. The number of benzene rings is 2. The Morgan fingerprint density at radius 2 is 0.711 bits per heavy atom. The number of halogens is 1. The molecule has 0 heterocycles. The van der Waals surface area contributed by atoms with E-state index in [2.05, 4.69) is 143 Å². The Morgan fingerprint density at radius 1 is 0.467 bits per heavy atom. The minimum Gasteiger partial charge on any atom is -1.00 e. The summed E-state index contributed by atoms with van der Waals surface area (Å²) in [7, 11) is -8.28. The molecular weight excluding hydrogens is 817 g/mol. The van der Waals surface area contributed by atoms with Gasteiger partial charge in [0.2, 0.25) is 0 Å². The van der Waals surface area contributed by atoms with Crippen LogP contribution in [0.4, 0.5) is 5.69 Å². The molecule has 2 aromatic rings. The molecule has 2 aromatic carbocycles. The summed E-state index contributed by atoms with van der Waals surface area (Å²) in [6.07, 6.45) is 0. The van der Waals surface area contributed by atoms with Gasteiger partial charge in [-0.1, -0.05) is 159 Å². The number of nitrogens with one attached hydrogen (secondary N) is 1. The van der Waals surface area contributed by atoms with Crippen molar-refractivity contribution in [2.45, 2.75) is 154 Å². The Bertz CT molecular complexity index is 1050. The summed E-state index contributed by atoms with van der Waals surface area (Å²) >= 11 is 0. The minimum absolute atomic E-state index is 0. The number of hydrogen-bond donors (Lipinski definition) is 0. The van der Waals surface area contributed by atoms with Gasteiger partial charge in [0, 0.05) is 72.9 Å². The van der Waals surface area contributed by atoms with E-state index in [4.69, 9.17) is 5.73 Å². The van der Waals surface area contributed by atoms with Crippen molar-refractivity contribution in [3.8, 4) is 0 Å². The van der Waals surface area contributed by atoms with Crippen LogP contribution in [0.25, 0.3) is 5.73 Å². The van der Waals surface area contributed by atoms with E-state index in [0.717, 1.165) is 26.6 Å². The first kappa shape index (κ1) is 48.0. The normalized spacial score (nSPS) is 13.3. The topological polar surface area (TPSA) is 23.8 Å². The van der Waals surface area contributed by atoms with Gasteiger partial charge in [-0.2, -0.15) is 0 Å². The standard InChI is InChI=1S/C27H59Si6.C9H12N.BrH.Sb/c1-28(2,3)25(29(4,5)6)22-19-23(26(30(7,8)9)31(10,11)12)21-24(20-22)27(32(13,14)15)33(16,17)18;1-6-4-7(2)9(10)8(3)5-6;;/h19-20,25-27H,1-18H3;4-5,10H,1-3H3;1H;/q;-1;;/p-1. The molecule has 0 saturated carbocycles. The monoisotopic (exact) mass is 885 g/mol. The van der Waals surface area contributed by atoms with Crippen molar-refractivity contribution < 1.29 is 17.0 Å². The first-order chi connectivity index (χ1) is 18.8. The molecule has 0 bridgehead atoms. The summed E-state index contributed by atoms with van der Waals surface area (Å²) in [6.45, 7) is 53.0. The Kier molecular flexibility index (Phi) is 17.8. The molecule has 1 N–H and O–H groups in total. The van der Waals surface area contributed by atoms with Crippen LogP contribution in [0.1, 0.15) is 48.9 Å². The average molecular weight is 888 g/mol. The van der Waals surface area contributed by atoms with Gasteiger partial charge in [0.15, 0.2) is 0 Å². The molecule has 0 aliphatic rings. The van der Waals surface area contributed by atoms with Crippen LogP contribution in [0.15, 0.2) is 24.3 Å². The number of hydrogen-bond acceptors (Lipinski definition) is 0. The number of rotatable bonds is 9. The average Bonchev–Trinajstić information content (AvgIpc) is 2.65. The summed E-state index contributed by atoms with van der Waals surface area (Å²) in [5.74, 6) is 0. The second-order valence-corrected chi connectivity index (χ2v) is 53.7. The van der Waals surface area contributed by atoms with Gasteiger partial charge in [-0.05, 0) is 59.0 Å². The first-order valence-corrected chi connectivity index (χ1v) is 38.1. The van der Waals surface area contributed by atoms with E-state index in [0.29, 0.717) is 5.69 Å². The van der Waals surface area contributed by atoms with Crippen molar-refractivity contribution in [3.63, 3.8) is 0 Å². The molecule has 0 spiro atoms. The maximum Gasteiger partial charge on any atom is 0.0493 e. The maximum atomic E-state index is 7.54. The molecule has 45 heavy (non-hydrogen) atoms. The summed E-state index contributed by atoms with van der Waals surface area (Å²) in [6, 6.07) is 13.7. The van der Waals surface area contributed by atoms with Gasteiger partial charge >= 0.3 is 0 Å². The summed E-state index contributed by atoms with van der Waals surface area (Å²) in [5, 5.41) is 2.32. The molecule has 0 atom stereocenters.